The van der Waals surface area contributed by atoms with Gasteiger partial charge in [-0.25, -0.2) is 4.79 Å². The van der Waals surface area contributed by atoms with E-state index in [1.807, 2.05) is 52.0 Å². The van der Waals surface area contributed by atoms with E-state index in [-0.39, 0.29) is 6.61 Å². The maximum absolute atomic E-state index is 12.8. The van der Waals surface area contributed by atoms with E-state index in [4.69, 9.17) is 23.9 Å². The first kappa shape index (κ1) is 26.0. The predicted molar refractivity (Wildman–Crippen MR) is 121 cm³/mol. The number of carboxylic acid groups (broad SMARTS) is 1. The van der Waals surface area contributed by atoms with E-state index in [0.717, 1.165) is 24.2 Å². The van der Waals surface area contributed by atoms with Gasteiger partial charge in [-0.2, -0.15) is 0 Å². The Morgan fingerprint density at radius 2 is 1.66 bits per heavy atom. The van der Waals surface area contributed by atoms with E-state index in [2.05, 4.69) is 10.6 Å². The first-order chi connectivity index (χ1) is 15.0. The third-order valence-electron chi connectivity index (χ3n) is 6.01. The first-order valence-corrected chi connectivity index (χ1v) is 10.8. The normalized spacial score (nSPS) is 18.6. The lowest BCUT2D eigenvalue weighted by molar-refractivity contribution is -0.124. The summed E-state index contributed by atoms with van der Waals surface area (Å²) in [7, 11) is 2.38. The molecule has 178 valence electrons. The SMILES string of the molecule is COCC(NC(=O)O)C(=O)NC(CCCc1ccc(OC)cc1)B1OC(C)(C)C(C)(C)O1. The molecule has 2 amide bonds. The van der Waals surface area contributed by atoms with Crippen LogP contribution in [0.3, 0.4) is 0 Å². The van der Waals surface area contributed by atoms with Gasteiger partial charge in [-0.05, 0) is 64.7 Å². The van der Waals surface area contributed by atoms with Crippen molar-refractivity contribution in [2.45, 2.75) is 70.1 Å². The number of aryl methyl sites for hydroxylation is 1. The maximum Gasteiger partial charge on any atom is 0.481 e. The fourth-order valence-electron chi connectivity index (χ4n) is 3.43. The molecule has 0 aliphatic carbocycles. The number of carbonyl (C=O) groups excluding carboxylic acids is 1. The Balaban J connectivity index is 2.09. The molecule has 0 bridgehead atoms. The number of amides is 2. The molecule has 10 heteroatoms. The minimum absolute atomic E-state index is 0.0833. The molecule has 32 heavy (non-hydrogen) atoms. The molecule has 1 aliphatic heterocycles. The summed E-state index contributed by atoms with van der Waals surface area (Å²) in [4.78, 5) is 23.9. The summed E-state index contributed by atoms with van der Waals surface area (Å²) in [6.07, 6.45) is 0.850. The van der Waals surface area contributed by atoms with Crippen molar-refractivity contribution in [2.75, 3.05) is 20.8 Å². The lowest BCUT2D eigenvalue weighted by Gasteiger charge is -2.32. The molecular weight excluding hydrogens is 415 g/mol. The first-order valence-electron chi connectivity index (χ1n) is 10.8. The van der Waals surface area contributed by atoms with E-state index < -0.39 is 42.3 Å². The van der Waals surface area contributed by atoms with Gasteiger partial charge in [0.25, 0.3) is 0 Å². The molecule has 9 nitrogen and oxygen atoms in total. The van der Waals surface area contributed by atoms with Gasteiger partial charge in [0.05, 0.1) is 30.9 Å². The molecule has 0 spiro atoms. The highest BCUT2D eigenvalue weighted by molar-refractivity contribution is 6.48. The monoisotopic (exact) mass is 450 g/mol. The Hall–Kier alpha value is -2.30. The molecule has 1 aromatic carbocycles. The van der Waals surface area contributed by atoms with Crippen LogP contribution in [-0.4, -0.2) is 68.2 Å². The number of hydrogen-bond donors (Lipinski definition) is 3. The molecule has 2 atom stereocenters. The maximum atomic E-state index is 12.8. The summed E-state index contributed by atoms with van der Waals surface area (Å²) in [5.41, 5.74) is 0.0404. The van der Waals surface area contributed by atoms with E-state index in [9.17, 15) is 9.59 Å². The number of ether oxygens (including phenoxy) is 2. The summed E-state index contributed by atoms with van der Waals surface area (Å²) in [5, 5.41) is 14.1. The molecule has 0 radical (unpaired) electrons. The van der Waals surface area contributed by atoms with Gasteiger partial charge in [-0.3, -0.25) is 4.79 Å². The van der Waals surface area contributed by atoms with Crippen molar-refractivity contribution in [1.82, 2.24) is 10.6 Å². The highest BCUT2D eigenvalue weighted by atomic mass is 16.7. The number of benzene rings is 1. The quantitative estimate of drug-likeness (QED) is 0.444. The zero-order valence-corrected chi connectivity index (χ0v) is 19.8. The number of methoxy groups -OCH3 is 2. The van der Waals surface area contributed by atoms with Crippen molar-refractivity contribution in [3.63, 3.8) is 0 Å². The van der Waals surface area contributed by atoms with Gasteiger partial charge in [0, 0.05) is 7.11 Å². The number of rotatable bonds is 11. The van der Waals surface area contributed by atoms with Crippen molar-refractivity contribution in [3.8, 4) is 5.75 Å². The van der Waals surface area contributed by atoms with E-state index in [1.54, 1.807) is 7.11 Å². The Morgan fingerprint density at radius 1 is 1.06 bits per heavy atom. The second-order valence-corrected chi connectivity index (χ2v) is 8.94. The van der Waals surface area contributed by atoms with Crippen LogP contribution in [0.2, 0.25) is 0 Å². The molecule has 0 aromatic heterocycles. The van der Waals surface area contributed by atoms with Crippen LogP contribution in [0.15, 0.2) is 24.3 Å². The Bertz CT molecular complexity index is 754. The topological polar surface area (TPSA) is 115 Å². The van der Waals surface area contributed by atoms with Gasteiger partial charge >= 0.3 is 13.2 Å². The number of nitrogens with one attached hydrogen (secondary N) is 2. The average Bonchev–Trinajstić information content (AvgIpc) is 2.94. The third kappa shape index (κ3) is 6.85. The van der Waals surface area contributed by atoms with Crippen LogP contribution in [0.25, 0.3) is 0 Å². The lowest BCUT2D eigenvalue weighted by Crippen LogP contribution is -2.55. The summed E-state index contributed by atoms with van der Waals surface area (Å²) in [6.45, 7) is 7.71. The minimum atomic E-state index is -1.30. The number of hydrogen-bond acceptors (Lipinski definition) is 6. The van der Waals surface area contributed by atoms with Crippen molar-refractivity contribution in [1.29, 1.82) is 0 Å². The minimum Gasteiger partial charge on any atom is -0.497 e. The van der Waals surface area contributed by atoms with E-state index in [0.29, 0.717) is 6.42 Å². The van der Waals surface area contributed by atoms with Gasteiger partial charge in [0.1, 0.15) is 11.8 Å². The fourth-order valence-corrected chi connectivity index (χ4v) is 3.43. The van der Waals surface area contributed by atoms with Crippen molar-refractivity contribution in [2.24, 2.45) is 0 Å². The molecule has 1 heterocycles. The molecular formula is C22H35BN2O7. The molecule has 3 N–H and O–H groups in total. The summed E-state index contributed by atoms with van der Waals surface area (Å²) >= 11 is 0. The third-order valence-corrected chi connectivity index (χ3v) is 6.01. The van der Waals surface area contributed by atoms with Crippen LogP contribution < -0.4 is 15.4 Å². The number of carbonyl (C=O) groups is 2. The molecule has 1 saturated heterocycles. The van der Waals surface area contributed by atoms with Crippen LogP contribution in [0.5, 0.6) is 5.75 Å². The second-order valence-electron chi connectivity index (χ2n) is 8.94. The van der Waals surface area contributed by atoms with Gasteiger partial charge in [0.15, 0.2) is 0 Å². The zero-order chi connectivity index (χ0) is 23.9. The molecule has 2 unspecified atom stereocenters. The zero-order valence-electron chi connectivity index (χ0n) is 19.8. The van der Waals surface area contributed by atoms with E-state index >= 15 is 0 Å². The van der Waals surface area contributed by atoms with Gasteiger partial charge < -0.3 is 34.5 Å². The Labute approximate surface area is 190 Å². The highest BCUT2D eigenvalue weighted by Crippen LogP contribution is 2.38. The highest BCUT2D eigenvalue weighted by Gasteiger charge is 2.54. The van der Waals surface area contributed by atoms with Crippen molar-refractivity contribution >= 4 is 19.1 Å². The molecule has 2 rings (SSSR count). The van der Waals surface area contributed by atoms with Gasteiger partial charge in [-0.1, -0.05) is 12.1 Å². The summed E-state index contributed by atoms with van der Waals surface area (Å²) in [6, 6.07) is 6.80. The van der Waals surface area contributed by atoms with Crippen LogP contribution in [0, 0.1) is 0 Å². The van der Waals surface area contributed by atoms with Crippen LogP contribution >= 0.6 is 0 Å². The molecule has 1 fully saturated rings. The molecule has 1 aromatic rings. The Morgan fingerprint density at radius 3 is 2.16 bits per heavy atom. The standard InChI is InChI=1S/C22H35BN2O7/c1-21(2)22(3,4)32-23(31-21)18(25-19(26)17(14-29-5)24-20(27)28)9-7-8-15-10-12-16(30-6)13-11-15/h10-13,17-18,24H,7-9,14H2,1-6H3,(H,25,26)(H,27,28). The fraction of sp³-hybridized carbons (Fsp3) is 0.636. The van der Waals surface area contributed by atoms with Crippen LogP contribution in [0.4, 0.5) is 4.79 Å². The lowest BCUT2D eigenvalue weighted by atomic mass is 9.75. The Kier molecular flexibility index (Phi) is 8.94. The van der Waals surface area contributed by atoms with Crippen molar-refractivity contribution < 1.29 is 33.5 Å². The summed E-state index contributed by atoms with van der Waals surface area (Å²) in [5.74, 6) is -0.151. The summed E-state index contributed by atoms with van der Waals surface area (Å²) < 4.78 is 22.5. The average molecular weight is 450 g/mol. The predicted octanol–water partition coefficient (Wildman–Crippen LogP) is 2.42. The van der Waals surface area contributed by atoms with E-state index in [1.165, 1.54) is 7.11 Å². The van der Waals surface area contributed by atoms with Gasteiger partial charge in [0.2, 0.25) is 5.91 Å². The van der Waals surface area contributed by atoms with Crippen LogP contribution in [-0.2, 0) is 25.3 Å². The van der Waals surface area contributed by atoms with Crippen LogP contribution in [0.1, 0.15) is 46.1 Å². The smallest absolute Gasteiger partial charge is 0.481 e. The molecule has 1 aliphatic rings. The molecule has 0 saturated carbocycles. The van der Waals surface area contributed by atoms with Crippen molar-refractivity contribution in [3.05, 3.63) is 29.8 Å². The van der Waals surface area contributed by atoms with Gasteiger partial charge in [-0.15, -0.1) is 0 Å². The largest absolute Gasteiger partial charge is 0.497 e. The second kappa shape index (κ2) is 11.0.